The zero-order valence-electron chi connectivity index (χ0n) is 8.44. The highest BCUT2D eigenvalue weighted by Gasteiger charge is 1.97. The monoisotopic (exact) mass is 221 g/mol. The van der Waals surface area contributed by atoms with Crippen LogP contribution in [-0.2, 0) is 13.6 Å². The van der Waals surface area contributed by atoms with Crippen LogP contribution in [0.2, 0.25) is 5.02 Å². The number of rotatable bonds is 3. The van der Waals surface area contributed by atoms with E-state index < -0.39 is 0 Å². The summed E-state index contributed by atoms with van der Waals surface area (Å²) in [6.45, 7) is 0.734. The standard InChI is InChI=1S/C11H12ClN3/c1-15-6-5-11(14-15)13-8-9-3-2-4-10(12)7-9/h2-7H,8H2,1H3,(H,13,14). The molecule has 0 spiro atoms. The van der Waals surface area contributed by atoms with Crippen molar-refractivity contribution in [2.75, 3.05) is 5.32 Å². The molecular weight excluding hydrogens is 210 g/mol. The lowest BCUT2D eigenvalue weighted by atomic mass is 10.2. The van der Waals surface area contributed by atoms with Gasteiger partial charge in [0.2, 0.25) is 0 Å². The van der Waals surface area contributed by atoms with Crippen molar-refractivity contribution in [2.45, 2.75) is 6.54 Å². The molecule has 1 N–H and O–H groups in total. The number of aromatic nitrogens is 2. The molecule has 4 heteroatoms. The molecule has 0 saturated heterocycles. The van der Waals surface area contributed by atoms with Crippen molar-refractivity contribution in [3.05, 3.63) is 47.1 Å². The average molecular weight is 222 g/mol. The number of anilines is 1. The van der Waals surface area contributed by atoms with E-state index in [2.05, 4.69) is 10.4 Å². The third kappa shape index (κ3) is 2.73. The highest BCUT2D eigenvalue weighted by Crippen LogP contribution is 2.12. The zero-order valence-corrected chi connectivity index (χ0v) is 9.20. The number of halogens is 1. The Morgan fingerprint density at radius 2 is 2.27 bits per heavy atom. The van der Waals surface area contributed by atoms with Gasteiger partial charge in [-0.15, -0.1) is 0 Å². The van der Waals surface area contributed by atoms with Crippen molar-refractivity contribution in [2.24, 2.45) is 7.05 Å². The number of aryl methyl sites for hydroxylation is 1. The van der Waals surface area contributed by atoms with Gasteiger partial charge in [-0.05, 0) is 17.7 Å². The van der Waals surface area contributed by atoms with Crippen LogP contribution in [0.1, 0.15) is 5.56 Å². The molecule has 3 nitrogen and oxygen atoms in total. The third-order valence-electron chi connectivity index (χ3n) is 2.08. The summed E-state index contributed by atoms with van der Waals surface area (Å²) in [5.74, 6) is 0.873. The van der Waals surface area contributed by atoms with E-state index >= 15 is 0 Å². The highest BCUT2D eigenvalue weighted by atomic mass is 35.5. The van der Waals surface area contributed by atoms with Crippen LogP contribution in [0.25, 0.3) is 0 Å². The van der Waals surface area contributed by atoms with Gasteiger partial charge in [-0.25, -0.2) is 0 Å². The van der Waals surface area contributed by atoms with Crippen molar-refractivity contribution in [1.82, 2.24) is 9.78 Å². The van der Waals surface area contributed by atoms with Gasteiger partial charge in [0.15, 0.2) is 0 Å². The molecule has 1 aromatic carbocycles. The second kappa shape index (κ2) is 4.36. The van der Waals surface area contributed by atoms with Crippen LogP contribution in [0.3, 0.4) is 0 Å². The molecule has 0 bridgehead atoms. The van der Waals surface area contributed by atoms with Gasteiger partial charge < -0.3 is 5.32 Å². The van der Waals surface area contributed by atoms with Crippen molar-refractivity contribution in [3.8, 4) is 0 Å². The Bertz CT molecular complexity index is 451. The van der Waals surface area contributed by atoms with Crippen LogP contribution in [0.4, 0.5) is 5.82 Å². The van der Waals surface area contributed by atoms with E-state index in [1.165, 1.54) is 0 Å². The molecule has 2 aromatic rings. The van der Waals surface area contributed by atoms with Gasteiger partial charge in [0.05, 0.1) is 0 Å². The van der Waals surface area contributed by atoms with Gasteiger partial charge >= 0.3 is 0 Å². The fourth-order valence-corrected chi connectivity index (χ4v) is 1.56. The minimum atomic E-state index is 0.734. The molecule has 2 rings (SSSR count). The number of nitrogens with zero attached hydrogens (tertiary/aromatic N) is 2. The SMILES string of the molecule is Cn1ccc(NCc2cccc(Cl)c2)n1. The maximum Gasteiger partial charge on any atom is 0.148 e. The fraction of sp³-hybridized carbons (Fsp3) is 0.182. The van der Waals surface area contributed by atoms with Crippen LogP contribution in [-0.4, -0.2) is 9.78 Å². The predicted molar refractivity (Wildman–Crippen MR) is 62.0 cm³/mol. The Morgan fingerprint density at radius 1 is 1.40 bits per heavy atom. The first kappa shape index (κ1) is 10.1. The third-order valence-corrected chi connectivity index (χ3v) is 2.31. The molecule has 1 heterocycles. The quantitative estimate of drug-likeness (QED) is 0.864. The van der Waals surface area contributed by atoms with E-state index in [0.29, 0.717) is 0 Å². The number of hydrogen-bond donors (Lipinski definition) is 1. The lowest BCUT2D eigenvalue weighted by molar-refractivity contribution is 0.768. The molecule has 78 valence electrons. The Morgan fingerprint density at radius 3 is 2.93 bits per heavy atom. The molecule has 0 fully saturated rings. The zero-order chi connectivity index (χ0) is 10.7. The summed E-state index contributed by atoms with van der Waals surface area (Å²) < 4.78 is 1.76. The second-order valence-corrected chi connectivity index (χ2v) is 3.79. The molecule has 0 atom stereocenters. The van der Waals surface area contributed by atoms with Gasteiger partial charge in [0, 0.05) is 30.9 Å². The van der Waals surface area contributed by atoms with E-state index in [1.54, 1.807) is 4.68 Å². The second-order valence-electron chi connectivity index (χ2n) is 3.36. The summed E-state index contributed by atoms with van der Waals surface area (Å²) in [5.41, 5.74) is 1.15. The molecule has 0 aliphatic heterocycles. The molecular formula is C11H12ClN3. The lowest BCUT2D eigenvalue weighted by Crippen LogP contribution is -2.00. The molecule has 0 unspecified atom stereocenters. The van der Waals surface area contributed by atoms with E-state index in [0.717, 1.165) is 22.9 Å². The average Bonchev–Trinajstić information content (AvgIpc) is 2.62. The number of nitrogens with one attached hydrogen (secondary N) is 1. The Hall–Kier alpha value is -1.48. The summed E-state index contributed by atoms with van der Waals surface area (Å²) >= 11 is 5.88. The Labute approximate surface area is 93.7 Å². The van der Waals surface area contributed by atoms with Crippen LogP contribution in [0.15, 0.2) is 36.5 Å². The minimum Gasteiger partial charge on any atom is -0.365 e. The van der Waals surface area contributed by atoms with Crippen LogP contribution >= 0.6 is 11.6 Å². The molecule has 1 aromatic heterocycles. The molecule has 0 aliphatic carbocycles. The van der Waals surface area contributed by atoms with Crippen LogP contribution < -0.4 is 5.32 Å². The van der Waals surface area contributed by atoms with Crippen LogP contribution in [0, 0.1) is 0 Å². The maximum atomic E-state index is 5.88. The first-order chi connectivity index (χ1) is 7.24. The number of benzene rings is 1. The topological polar surface area (TPSA) is 29.9 Å². The summed E-state index contributed by atoms with van der Waals surface area (Å²) in [6.07, 6.45) is 1.90. The fourth-order valence-electron chi connectivity index (χ4n) is 1.35. The highest BCUT2D eigenvalue weighted by molar-refractivity contribution is 6.30. The van der Waals surface area contributed by atoms with E-state index in [9.17, 15) is 0 Å². The van der Waals surface area contributed by atoms with Gasteiger partial charge in [-0.2, -0.15) is 5.10 Å². The first-order valence-electron chi connectivity index (χ1n) is 4.72. The van der Waals surface area contributed by atoms with E-state index in [4.69, 9.17) is 11.6 Å². The maximum absolute atomic E-state index is 5.88. The predicted octanol–water partition coefficient (Wildman–Crippen LogP) is 2.69. The van der Waals surface area contributed by atoms with Crippen molar-refractivity contribution in [3.63, 3.8) is 0 Å². The summed E-state index contributed by atoms with van der Waals surface area (Å²) in [6, 6.07) is 9.72. The van der Waals surface area contributed by atoms with Crippen molar-refractivity contribution >= 4 is 17.4 Å². The summed E-state index contributed by atoms with van der Waals surface area (Å²) in [5, 5.41) is 8.20. The summed E-state index contributed by atoms with van der Waals surface area (Å²) in [7, 11) is 1.89. The Kier molecular flexibility index (Phi) is 2.92. The van der Waals surface area contributed by atoms with Crippen molar-refractivity contribution in [1.29, 1.82) is 0 Å². The summed E-state index contributed by atoms with van der Waals surface area (Å²) in [4.78, 5) is 0. The molecule has 0 radical (unpaired) electrons. The molecule has 15 heavy (non-hydrogen) atoms. The van der Waals surface area contributed by atoms with Gasteiger partial charge in [-0.1, -0.05) is 23.7 Å². The van der Waals surface area contributed by atoms with Crippen LogP contribution in [0.5, 0.6) is 0 Å². The smallest absolute Gasteiger partial charge is 0.148 e. The van der Waals surface area contributed by atoms with E-state index in [1.807, 2.05) is 43.6 Å². The van der Waals surface area contributed by atoms with Gasteiger partial charge in [-0.3, -0.25) is 4.68 Å². The van der Waals surface area contributed by atoms with E-state index in [-0.39, 0.29) is 0 Å². The van der Waals surface area contributed by atoms with Gasteiger partial charge in [0.25, 0.3) is 0 Å². The Balaban J connectivity index is 1.99. The van der Waals surface area contributed by atoms with Crippen molar-refractivity contribution < 1.29 is 0 Å². The minimum absolute atomic E-state index is 0.734. The number of hydrogen-bond acceptors (Lipinski definition) is 2. The normalized spacial score (nSPS) is 10.3. The molecule has 0 amide bonds. The first-order valence-corrected chi connectivity index (χ1v) is 5.10. The largest absolute Gasteiger partial charge is 0.365 e. The lowest BCUT2D eigenvalue weighted by Gasteiger charge is -2.03. The van der Waals surface area contributed by atoms with Gasteiger partial charge in [0.1, 0.15) is 5.82 Å². The molecule has 0 saturated carbocycles. The molecule has 0 aliphatic rings.